The molecule has 0 aromatic heterocycles. The first-order valence-electron chi connectivity index (χ1n) is 2.91. The molecule has 0 aromatic carbocycles. The first kappa shape index (κ1) is 4.09. The Kier molecular flexibility index (Phi) is 0.772. The summed E-state index contributed by atoms with van der Waals surface area (Å²) >= 11 is 0. The van der Waals surface area contributed by atoms with Crippen LogP contribution in [0.3, 0.4) is 0 Å². The van der Waals surface area contributed by atoms with Crippen LogP contribution in [0.1, 0.15) is 19.3 Å². The molecule has 0 amide bonds. The molecule has 0 saturated carbocycles. The van der Waals surface area contributed by atoms with E-state index in [1.807, 2.05) is 0 Å². The largest absolute Gasteiger partial charge is 0.0917 e. The maximum absolute atomic E-state index is 2.44. The molecule has 2 heterocycles. The van der Waals surface area contributed by atoms with Crippen molar-refractivity contribution in [1.82, 2.24) is 0 Å². The van der Waals surface area contributed by atoms with Gasteiger partial charge < -0.3 is 0 Å². The summed E-state index contributed by atoms with van der Waals surface area (Å²) in [5.41, 5.74) is 1.11. The Morgan fingerprint density at radius 1 is 1.71 bits per heavy atom. The highest BCUT2D eigenvalue weighted by Gasteiger charge is 2.22. The molecular weight excluding hydrogens is 103 g/mol. The van der Waals surface area contributed by atoms with E-state index in [-0.39, 0.29) is 0 Å². The normalized spacial score (nSPS) is 40.0. The van der Waals surface area contributed by atoms with Gasteiger partial charge in [-0.15, -0.1) is 0 Å². The molecule has 1 fully saturated rings. The van der Waals surface area contributed by atoms with E-state index in [9.17, 15) is 0 Å². The number of hydrogen-bond donors (Lipinski definition) is 0. The average molecular weight is 112 g/mol. The Labute approximate surface area is 45.8 Å². The highest BCUT2D eigenvalue weighted by Crippen LogP contribution is 2.50. The van der Waals surface area contributed by atoms with Crippen LogP contribution in [0.25, 0.3) is 0 Å². The molecule has 0 aliphatic carbocycles. The summed E-state index contributed by atoms with van der Waals surface area (Å²) in [6.45, 7) is 0. The van der Waals surface area contributed by atoms with Gasteiger partial charge in [-0.25, -0.2) is 0 Å². The molecule has 2 unspecified atom stereocenters. The Hall–Kier alpha value is 0.170. The van der Waals surface area contributed by atoms with Gasteiger partial charge >= 0.3 is 0 Å². The van der Waals surface area contributed by atoms with Crippen molar-refractivity contribution in [2.45, 2.75) is 24.9 Å². The highest BCUT2D eigenvalue weighted by molar-refractivity contribution is 7.44. The molecule has 1 heteroatoms. The van der Waals surface area contributed by atoms with Crippen molar-refractivity contribution in [2.24, 2.45) is 0 Å². The summed E-state index contributed by atoms with van der Waals surface area (Å²) in [5, 5.41) is 1.77. The van der Waals surface area contributed by atoms with Crippen LogP contribution in [0.5, 0.6) is 0 Å². The summed E-state index contributed by atoms with van der Waals surface area (Å²) in [5.74, 6) is 0. The van der Waals surface area contributed by atoms with Crippen LogP contribution in [0.15, 0.2) is 11.4 Å². The van der Waals surface area contributed by atoms with Gasteiger partial charge in [0.2, 0.25) is 0 Å². The summed E-state index contributed by atoms with van der Waals surface area (Å²) in [4.78, 5) is 0. The lowest BCUT2D eigenvalue weighted by atomic mass is 10.1. The average Bonchev–Trinajstić information content (AvgIpc) is 2.22. The lowest BCUT2D eigenvalue weighted by Gasteiger charge is -1.98. The van der Waals surface area contributed by atoms with Gasteiger partial charge in [-0.3, -0.25) is 0 Å². The monoisotopic (exact) mass is 112 g/mol. The molecule has 2 aliphatic rings. The third-order valence-electron chi connectivity index (χ3n) is 1.80. The van der Waals surface area contributed by atoms with Crippen molar-refractivity contribution in [2.75, 3.05) is 0 Å². The summed E-state index contributed by atoms with van der Waals surface area (Å²) in [6.07, 6.45) is 6.79. The van der Waals surface area contributed by atoms with E-state index in [0.29, 0.717) is 0 Å². The summed E-state index contributed by atoms with van der Waals surface area (Å²) < 4.78 is 0. The molecule has 7 heavy (non-hydrogen) atoms. The SMILES string of the molecule is C1=C2CCC(C1)P2. The van der Waals surface area contributed by atoms with Gasteiger partial charge in [0, 0.05) is 0 Å². The molecule has 1 saturated heterocycles. The van der Waals surface area contributed by atoms with Crippen LogP contribution in [-0.4, -0.2) is 5.66 Å². The second kappa shape index (κ2) is 1.32. The summed E-state index contributed by atoms with van der Waals surface area (Å²) in [7, 11) is 1.23. The van der Waals surface area contributed by atoms with Crippen molar-refractivity contribution >= 4 is 8.58 Å². The number of rotatable bonds is 0. The Balaban J connectivity index is 2.30. The third kappa shape index (κ3) is 0.534. The van der Waals surface area contributed by atoms with Gasteiger partial charge in [0.25, 0.3) is 0 Å². The highest BCUT2D eigenvalue weighted by atomic mass is 31.1. The van der Waals surface area contributed by atoms with Crippen molar-refractivity contribution in [3.8, 4) is 0 Å². The number of allylic oxidation sites excluding steroid dienone is 2. The first-order chi connectivity index (χ1) is 3.45. The lowest BCUT2D eigenvalue weighted by Crippen LogP contribution is -1.90. The molecule has 2 rings (SSSR count). The standard InChI is InChI=1S/C6H9P/c1-2-6-4-3-5(1)7-6/h1,6-7H,2-4H2. The molecular formula is C6H9P. The molecule has 38 valence electrons. The minimum atomic E-state index is 1.11. The maximum atomic E-state index is 2.44. The minimum Gasteiger partial charge on any atom is -0.0917 e. The topological polar surface area (TPSA) is 0 Å². The molecule has 2 atom stereocenters. The molecule has 0 radical (unpaired) electrons. The van der Waals surface area contributed by atoms with E-state index in [2.05, 4.69) is 6.08 Å². The van der Waals surface area contributed by atoms with Gasteiger partial charge in [0.1, 0.15) is 0 Å². The Bertz CT molecular complexity index is 115. The first-order valence-corrected chi connectivity index (χ1v) is 3.98. The van der Waals surface area contributed by atoms with Crippen LogP contribution >= 0.6 is 8.58 Å². The van der Waals surface area contributed by atoms with Crippen LogP contribution in [0, 0.1) is 0 Å². The van der Waals surface area contributed by atoms with E-state index in [0.717, 1.165) is 5.66 Å². The molecule has 2 aliphatic heterocycles. The van der Waals surface area contributed by atoms with Gasteiger partial charge in [-0.1, -0.05) is 20.0 Å². The molecule has 2 bridgehead atoms. The van der Waals surface area contributed by atoms with Gasteiger partial charge in [0.15, 0.2) is 0 Å². The van der Waals surface area contributed by atoms with Crippen LogP contribution in [-0.2, 0) is 0 Å². The number of fused-ring (bicyclic) bond motifs is 2. The quantitative estimate of drug-likeness (QED) is 0.421. The van der Waals surface area contributed by atoms with Crippen molar-refractivity contribution in [3.63, 3.8) is 0 Å². The second-order valence-electron chi connectivity index (χ2n) is 2.35. The Morgan fingerprint density at radius 2 is 2.71 bits per heavy atom. The summed E-state index contributed by atoms with van der Waals surface area (Å²) in [6, 6.07) is 0. The number of hydrogen-bond acceptors (Lipinski definition) is 0. The van der Waals surface area contributed by atoms with Crippen molar-refractivity contribution in [1.29, 1.82) is 0 Å². The molecule has 0 N–H and O–H groups in total. The maximum Gasteiger partial charge on any atom is -0.0162 e. The third-order valence-corrected chi connectivity index (χ3v) is 3.56. The molecule has 0 spiro atoms. The lowest BCUT2D eigenvalue weighted by molar-refractivity contribution is 0.776. The van der Waals surface area contributed by atoms with E-state index < -0.39 is 0 Å². The van der Waals surface area contributed by atoms with Crippen molar-refractivity contribution < 1.29 is 0 Å². The zero-order chi connectivity index (χ0) is 4.69. The van der Waals surface area contributed by atoms with E-state index in [4.69, 9.17) is 0 Å². The van der Waals surface area contributed by atoms with Gasteiger partial charge in [-0.05, 0) is 24.9 Å². The molecule has 0 nitrogen and oxygen atoms in total. The van der Waals surface area contributed by atoms with Crippen LogP contribution in [0.4, 0.5) is 0 Å². The van der Waals surface area contributed by atoms with Gasteiger partial charge in [0.05, 0.1) is 0 Å². The smallest absolute Gasteiger partial charge is 0.0162 e. The fraction of sp³-hybridized carbons (Fsp3) is 0.667. The van der Waals surface area contributed by atoms with Gasteiger partial charge in [-0.2, -0.15) is 0 Å². The van der Waals surface area contributed by atoms with Crippen molar-refractivity contribution in [3.05, 3.63) is 11.4 Å². The fourth-order valence-electron chi connectivity index (χ4n) is 1.36. The fourth-order valence-corrected chi connectivity index (χ4v) is 2.93. The van der Waals surface area contributed by atoms with Crippen LogP contribution < -0.4 is 0 Å². The van der Waals surface area contributed by atoms with E-state index in [1.54, 1.807) is 5.31 Å². The molecule has 0 aromatic rings. The second-order valence-corrected chi connectivity index (χ2v) is 4.09. The van der Waals surface area contributed by atoms with E-state index >= 15 is 0 Å². The Morgan fingerprint density at radius 3 is 2.86 bits per heavy atom. The predicted octanol–water partition coefficient (Wildman–Crippen LogP) is 2.11. The minimum absolute atomic E-state index is 1.11. The zero-order valence-corrected chi connectivity index (χ0v) is 5.28. The van der Waals surface area contributed by atoms with Crippen LogP contribution in [0.2, 0.25) is 0 Å². The predicted molar refractivity (Wildman–Crippen MR) is 34.0 cm³/mol. The zero-order valence-electron chi connectivity index (χ0n) is 4.28. The van der Waals surface area contributed by atoms with E-state index in [1.165, 1.54) is 27.8 Å².